The number of nitrogens with zero attached hydrogens (tertiary/aromatic N) is 1. The van der Waals surface area contributed by atoms with Crippen LogP contribution in [-0.2, 0) is 11.3 Å². The summed E-state index contributed by atoms with van der Waals surface area (Å²) in [4.78, 5) is 15.4. The molecular formula is C14H22N2O3. The van der Waals surface area contributed by atoms with Gasteiger partial charge in [-0.15, -0.1) is 0 Å². The summed E-state index contributed by atoms with van der Waals surface area (Å²) in [6, 6.07) is 3.62. The van der Waals surface area contributed by atoms with Gasteiger partial charge in [0.05, 0.1) is 5.69 Å². The van der Waals surface area contributed by atoms with Crippen molar-refractivity contribution in [2.45, 2.75) is 46.3 Å². The molecule has 1 aromatic rings. The summed E-state index contributed by atoms with van der Waals surface area (Å²) in [5.74, 6) is -0.404. The summed E-state index contributed by atoms with van der Waals surface area (Å²) in [6.07, 6.45) is 0.633. The number of nitrogens with one attached hydrogen (secondary N) is 1. The van der Waals surface area contributed by atoms with Gasteiger partial charge >= 0.3 is 5.97 Å². The zero-order chi connectivity index (χ0) is 14.3. The fourth-order valence-electron chi connectivity index (χ4n) is 1.68. The van der Waals surface area contributed by atoms with Crippen molar-refractivity contribution < 1.29 is 14.6 Å². The van der Waals surface area contributed by atoms with Gasteiger partial charge in [0.15, 0.2) is 6.10 Å². The topological polar surface area (TPSA) is 71.5 Å². The normalized spacial score (nSPS) is 12.2. The fraction of sp³-hybridized carbons (Fsp3) is 0.571. The first-order valence-electron chi connectivity index (χ1n) is 6.65. The van der Waals surface area contributed by atoms with E-state index in [1.807, 2.05) is 13.0 Å². The first-order valence-corrected chi connectivity index (χ1v) is 6.65. The minimum Gasteiger partial charge on any atom is -0.479 e. The first kappa shape index (κ1) is 15.4. The molecule has 0 fully saturated rings. The Morgan fingerprint density at radius 2 is 2.21 bits per heavy atom. The largest absolute Gasteiger partial charge is 0.479 e. The molecule has 0 aromatic carbocycles. The van der Waals surface area contributed by atoms with Crippen LogP contribution in [0.4, 0.5) is 0 Å². The Balaban J connectivity index is 2.83. The number of aliphatic carboxylic acids is 1. The zero-order valence-corrected chi connectivity index (χ0v) is 11.8. The lowest BCUT2D eigenvalue weighted by molar-refractivity contribution is -0.145. The number of hydrogen-bond donors (Lipinski definition) is 2. The Morgan fingerprint density at radius 3 is 2.79 bits per heavy atom. The van der Waals surface area contributed by atoms with Crippen LogP contribution in [-0.4, -0.2) is 28.7 Å². The maximum atomic E-state index is 11.0. The number of aryl methyl sites for hydroxylation is 1. The van der Waals surface area contributed by atoms with E-state index in [1.54, 1.807) is 13.0 Å². The molecule has 1 aromatic heterocycles. The highest BCUT2D eigenvalue weighted by molar-refractivity contribution is 5.72. The van der Waals surface area contributed by atoms with E-state index in [-0.39, 0.29) is 0 Å². The molecule has 0 aliphatic rings. The predicted molar refractivity (Wildman–Crippen MR) is 73.3 cm³/mol. The maximum Gasteiger partial charge on any atom is 0.344 e. The molecule has 1 atom stereocenters. The molecule has 106 valence electrons. The molecule has 0 radical (unpaired) electrons. The van der Waals surface area contributed by atoms with Gasteiger partial charge in [0.2, 0.25) is 0 Å². The van der Waals surface area contributed by atoms with Gasteiger partial charge < -0.3 is 15.2 Å². The molecular weight excluding hydrogens is 244 g/mol. The first-order chi connectivity index (χ1) is 9.08. The number of hydrogen-bond acceptors (Lipinski definition) is 4. The van der Waals surface area contributed by atoms with Crippen LogP contribution in [0.25, 0.3) is 0 Å². The van der Waals surface area contributed by atoms with E-state index >= 15 is 0 Å². The van der Waals surface area contributed by atoms with Crippen LogP contribution < -0.4 is 10.1 Å². The summed E-state index contributed by atoms with van der Waals surface area (Å²) < 4.78 is 5.54. The van der Waals surface area contributed by atoms with E-state index < -0.39 is 12.1 Å². The van der Waals surface area contributed by atoms with Gasteiger partial charge in [0.1, 0.15) is 5.75 Å². The summed E-state index contributed by atoms with van der Waals surface area (Å²) >= 11 is 0. The highest BCUT2D eigenvalue weighted by Gasteiger charge is 2.18. The zero-order valence-electron chi connectivity index (χ0n) is 11.8. The number of pyridine rings is 1. The van der Waals surface area contributed by atoms with Crippen molar-refractivity contribution in [2.75, 3.05) is 6.54 Å². The number of ether oxygens (including phenoxy) is 1. The van der Waals surface area contributed by atoms with E-state index in [1.165, 1.54) is 0 Å². The van der Waals surface area contributed by atoms with Crippen molar-refractivity contribution in [2.24, 2.45) is 0 Å². The molecule has 0 aliphatic carbocycles. The van der Waals surface area contributed by atoms with E-state index in [4.69, 9.17) is 9.84 Å². The molecule has 1 unspecified atom stereocenters. The van der Waals surface area contributed by atoms with Crippen LogP contribution in [0.15, 0.2) is 12.1 Å². The monoisotopic (exact) mass is 266 g/mol. The van der Waals surface area contributed by atoms with E-state index in [0.717, 1.165) is 24.4 Å². The van der Waals surface area contributed by atoms with Crippen molar-refractivity contribution in [1.29, 1.82) is 0 Å². The van der Waals surface area contributed by atoms with Crippen LogP contribution in [0, 0.1) is 6.92 Å². The highest BCUT2D eigenvalue weighted by Crippen LogP contribution is 2.19. The standard InChI is InChI=1S/C14H22N2O3/c1-4-8-15-9-11-13(7-6-10(3)16-11)19-12(5-2)14(17)18/h6-7,12,15H,4-5,8-9H2,1-3H3,(H,17,18). The number of rotatable bonds is 8. The summed E-state index contributed by atoms with van der Waals surface area (Å²) in [5.41, 5.74) is 1.65. The molecule has 0 bridgehead atoms. The molecule has 0 aliphatic heterocycles. The van der Waals surface area contributed by atoms with Crippen molar-refractivity contribution in [1.82, 2.24) is 10.3 Å². The number of carbonyl (C=O) groups is 1. The van der Waals surface area contributed by atoms with Gasteiger partial charge in [-0.2, -0.15) is 0 Å². The van der Waals surface area contributed by atoms with Crippen LogP contribution in [0.1, 0.15) is 38.1 Å². The SMILES string of the molecule is CCCNCc1nc(C)ccc1OC(CC)C(=O)O. The lowest BCUT2D eigenvalue weighted by Crippen LogP contribution is -2.27. The predicted octanol–water partition coefficient (Wildman–Crippen LogP) is 2.13. The second-order valence-electron chi connectivity index (χ2n) is 4.43. The molecule has 5 heteroatoms. The van der Waals surface area contributed by atoms with E-state index in [2.05, 4.69) is 17.2 Å². The Morgan fingerprint density at radius 1 is 1.47 bits per heavy atom. The summed E-state index contributed by atoms with van der Waals surface area (Å²) in [5, 5.41) is 12.3. The lowest BCUT2D eigenvalue weighted by atomic mass is 10.2. The quantitative estimate of drug-likeness (QED) is 0.705. The third kappa shape index (κ3) is 4.87. The Kier molecular flexibility index (Phi) is 6.29. The molecule has 0 saturated heterocycles. The maximum absolute atomic E-state index is 11.0. The van der Waals surface area contributed by atoms with Crippen molar-refractivity contribution in [3.8, 4) is 5.75 Å². The average Bonchev–Trinajstić information content (AvgIpc) is 2.37. The van der Waals surface area contributed by atoms with Gasteiger partial charge in [0.25, 0.3) is 0 Å². The fourth-order valence-corrected chi connectivity index (χ4v) is 1.68. The second kappa shape index (κ2) is 7.74. The Labute approximate surface area is 114 Å². The molecule has 1 heterocycles. The van der Waals surface area contributed by atoms with Gasteiger partial charge in [-0.3, -0.25) is 4.98 Å². The summed E-state index contributed by atoms with van der Waals surface area (Å²) in [6.45, 7) is 7.26. The van der Waals surface area contributed by atoms with Crippen LogP contribution >= 0.6 is 0 Å². The Hall–Kier alpha value is -1.62. The molecule has 5 nitrogen and oxygen atoms in total. The van der Waals surface area contributed by atoms with Gasteiger partial charge in [-0.05, 0) is 38.4 Å². The average molecular weight is 266 g/mol. The number of aromatic nitrogens is 1. The van der Waals surface area contributed by atoms with Crippen molar-refractivity contribution >= 4 is 5.97 Å². The van der Waals surface area contributed by atoms with E-state index in [9.17, 15) is 4.79 Å². The van der Waals surface area contributed by atoms with E-state index in [0.29, 0.717) is 18.7 Å². The minimum atomic E-state index is -0.949. The molecule has 2 N–H and O–H groups in total. The van der Waals surface area contributed by atoms with Crippen molar-refractivity contribution in [3.05, 3.63) is 23.5 Å². The smallest absolute Gasteiger partial charge is 0.344 e. The lowest BCUT2D eigenvalue weighted by Gasteiger charge is -2.16. The van der Waals surface area contributed by atoms with Crippen LogP contribution in [0.2, 0.25) is 0 Å². The summed E-state index contributed by atoms with van der Waals surface area (Å²) in [7, 11) is 0. The van der Waals surface area contributed by atoms with Gasteiger partial charge in [-0.1, -0.05) is 13.8 Å². The molecule has 0 saturated carbocycles. The van der Waals surface area contributed by atoms with Gasteiger partial charge in [-0.25, -0.2) is 4.79 Å². The second-order valence-corrected chi connectivity index (χ2v) is 4.43. The molecule has 0 amide bonds. The molecule has 19 heavy (non-hydrogen) atoms. The van der Waals surface area contributed by atoms with Crippen LogP contribution in [0.5, 0.6) is 5.75 Å². The third-order valence-corrected chi connectivity index (χ3v) is 2.71. The molecule has 0 spiro atoms. The van der Waals surface area contributed by atoms with Gasteiger partial charge in [0, 0.05) is 12.2 Å². The third-order valence-electron chi connectivity index (χ3n) is 2.71. The molecule has 1 rings (SSSR count). The number of carboxylic acids is 1. The van der Waals surface area contributed by atoms with Crippen molar-refractivity contribution in [3.63, 3.8) is 0 Å². The number of carboxylic acid groups (broad SMARTS) is 1. The minimum absolute atomic E-state index is 0.422. The van der Waals surface area contributed by atoms with Crippen LogP contribution in [0.3, 0.4) is 0 Å². The highest BCUT2D eigenvalue weighted by atomic mass is 16.5. The Bertz CT molecular complexity index is 421.